The molecule has 2 heterocycles. The lowest BCUT2D eigenvalue weighted by atomic mass is 10.3. The molecule has 1 saturated heterocycles. The Morgan fingerprint density at radius 2 is 2.00 bits per heavy atom. The van der Waals surface area contributed by atoms with Gasteiger partial charge in [-0.2, -0.15) is 0 Å². The first kappa shape index (κ1) is 14.1. The molecule has 19 heavy (non-hydrogen) atoms. The minimum atomic E-state index is -0.0363. The quantitative estimate of drug-likeness (QED) is 0.880. The summed E-state index contributed by atoms with van der Waals surface area (Å²) in [6, 6.07) is 0.395. The minimum Gasteiger partial charge on any atom is -0.362 e. The molecule has 0 aliphatic carbocycles. The summed E-state index contributed by atoms with van der Waals surface area (Å²) in [6.07, 6.45) is 6.00. The van der Waals surface area contributed by atoms with E-state index < -0.39 is 0 Å². The van der Waals surface area contributed by atoms with E-state index in [9.17, 15) is 4.79 Å². The molecule has 1 unspecified atom stereocenters. The van der Waals surface area contributed by atoms with Crippen molar-refractivity contribution in [2.45, 2.75) is 45.7 Å². The summed E-state index contributed by atoms with van der Waals surface area (Å²) in [5, 5.41) is 3.25. The maximum atomic E-state index is 12.2. The summed E-state index contributed by atoms with van der Waals surface area (Å²) in [4.78, 5) is 18.8. The van der Waals surface area contributed by atoms with E-state index >= 15 is 0 Å². The van der Waals surface area contributed by atoms with E-state index in [4.69, 9.17) is 0 Å². The Balaban J connectivity index is 2.02. The molecule has 0 aromatic carbocycles. The maximum Gasteiger partial charge on any atom is 0.293 e. The third-order valence-electron chi connectivity index (χ3n) is 3.54. The first-order chi connectivity index (χ1) is 9.08. The van der Waals surface area contributed by atoms with E-state index in [0.29, 0.717) is 5.82 Å². The van der Waals surface area contributed by atoms with Crippen LogP contribution in [0.2, 0.25) is 0 Å². The van der Waals surface area contributed by atoms with Gasteiger partial charge in [0.05, 0.1) is 0 Å². The van der Waals surface area contributed by atoms with Crippen LogP contribution in [0, 0.1) is 0 Å². The van der Waals surface area contributed by atoms with Crippen LogP contribution in [-0.4, -0.2) is 40.1 Å². The summed E-state index contributed by atoms with van der Waals surface area (Å²) in [5.74, 6) is 0.461. The standard InChI is InChI=1S/C14H24N4O/c1-11(2)18-9-6-15-13(14(18)19)16-12(3)10-17-7-4-5-8-17/h6,9,11-12H,4-5,7-8,10H2,1-3H3,(H,15,16). The molecule has 0 saturated carbocycles. The van der Waals surface area contributed by atoms with Crippen molar-refractivity contribution >= 4 is 5.82 Å². The summed E-state index contributed by atoms with van der Waals surface area (Å²) in [7, 11) is 0. The van der Waals surface area contributed by atoms with Crippen LogP contribution in [0.5, 0.6) is 0 Å². The highest BCUT2D eigenvalue weighted by Gasteiger charge is 2.16. The number of aromatic nitrogens is 2. The molecule has 1 atom stereocenters. The van der Waals surface area contributed by atoms with Crippen LogP contribution in [0.1, 0.15) is 39.7 Å². The molecule has 1 aliphatic heterocycles. The summed E-state index contributed by atoms with van der Waals surface area (Å²) >= 11 is 0. The third kappa shape index (κ3) is 3.56. The van der Waals surface area contributed by atoms with Crippen molar-refractivity contribution < 1.29 is 0 Å². The van der Waals surface area contributed by atoms with Crippen LogP contribution < -0.4 is 10.9 Å². The lowest BCUT2D eigenvalue weighted by molar-refractivity contribution is 0.327. The van der Waals surface area contributed by atoms with Gasteiger partial charge in [0.15, 0.2) is 5.82 Å². The van der Waals surface area contributed by atoms with E-state index in [0.717, 1.165) is 6.54 Å². The van der Waals surface area contributed by atoms with Gasteiger partial charge in [-0.15, -0.1) is 0 Å². The van der Waals surface area contributed by atoms with Gasteiger partial charge >= 0.3 is 0 Å². The predicted octanol–water partition coefficient (Wildman–Crippen LogP) is 1.72. The first-order valence-electron chi connectivity index (χ1n) is 7.14. The van der Waals surface area contributed by atoms with E-state index in [-0.39, 0.29) is 17.6 Å². The Morgan fingerprint density at radius 1 is 1.32 bits per heavy atom. The number of hydrogen-bond acceptors (Lipinski definition) is 4. The summed E-state index contributed by atoms with van der Waals surface area (Å²) < 4.78 is 1.71. The average Bonchev–Trinajstić information content (AvgIpc) is 2.84. The number of anilines is 1. The van der Waals surface area contributed by atoms with Crippen molar-refractivity contribution in [3.8, 4) is 0 Å². The molecule has 106 valence electrons. The fourth-order valence-corrected chi connectivity index (χ4v) is 2.56. The van der Waals surface area contributed by atoms with Gasteiger partial charge in [-0.05, 0) is 46.7 Å². The molecular formula is C14H24N4O. The Kier molecular flexibility index (Phi) is 4.58. The van der Waals surface area contributed by atoms with Gasteiger partial charge < -0.3 is 14.8 Å². The number of likely N-dealkylation sites (tertiary alicyclic amines) is 1. The zero-order valence-electron chi connectivity index (χ0n) is 12.1. The van der Waals surface area contributed by atoms with Gasteiger partial charge in [-0.1, -0.05) is 0 Å². The van der Waals surface area contributed by atoms with E-state index in [1.54, 1.807) is 17.0 Å². The van der Waals surface area contributed by atoms with Gasteiger partial charge in [-0.3, -0.25) is 4.79 Å². The normalized spacial score (nSPS) is 17.9. The maximum absolute atomic E-state index is 12.2. The molecule has 0 amide bonds. The van der Waals surface area contributed by atoms with Crippen LogP contribution in [0.3, 0.4) is 0 Å². The lowest BCUT2D eigenvalue weighted by Gasteiger charge is -2.21. The number of rotatable bonds is 5. The number of hydrogen-bond donors (Lipinski definition) is 1. The SMILES string of the molecule is CC(CN1CCCC1)Nc1nccn(C(C)C)c1=O. The molecule has 1 aromatic heterocycles. The first-order valence-corrected chi connectivity index (χ1v) is 7.14. The number of nitrogens with zero attached hydrogens (tertiary/aromatic N) is 3. The monoisotopic (exact) mass is 264 g/mol. The van der Waals surface area contributed by atoms with Crippen LogP contribution in [0.4, 0.5) is 5.82 Å². The summed E-state index contributed by atoms with van der Waals surface area (Å²) in [5.41, 5.74) is -0.0363. The van der Waals surface area contributed by atoms with Crippen molar-refractivity contribution in [3.05, 3.63) is 22.7 Å². The molecule has 0 radical (unpaired) electrons. The van der Waals surface area contributed by atoms with Crippen molar-refractivity contribution in [1.29, 1.82) is 0 Å². The van der Waals surface area contributed by atoms with Crippen molar-refractivity contribution in [3.63, 3.8) is 0 Å². The molecule has 0 bridgehead atoms. The van der Waals surface area contributed by atoms with E-state index in [1.807, 2.05) is 13.8 Å². The highest BCUT2D eigenvalue weighted by molar-refractivity contribution is 5.32. The molecule has 1 aromatic rings. The second kappa shape index (κ2) is 6.19. The fraction of sp³-hybridized carbons (Fsp3) is 0.714. The average molecular weight is 264 g/mol. The molecule has 0 spiro atoms. The molecule has 5 nitrogen and oxygen atoms in total. The third-order valence-corrected chi connectivity index (χ3v) is 3.54. The topological polar surface area (TPSA) is 50.2 Å². The summed E-state index contributed by atoms with van der Waals surface area (Å²) in [6.45, 7) is 9.41. The highest BCUT2D eigenvalue weighted by Crippen LogP contribution is 2.09. The second-order valence-electron chi connectivity index (χ2n) is 5.64. The predicted molar refractivity (Wildman–Crippen MR) is 77.6 cm³/mol. The highest BCUT2D eigenvalue weighted by atomic mass is 16.1. The van der Waals surface area contributed by atoms with Crippen molar-refractivity contribution in [2.24, 2.45) is 0 Å². The molecule has 5 heteroatoms. The molecular weight excluding hydrogens is 240 g/mol. The van der Waals surface area contributed by atoms with Gasteiger partial charge in [0.1, 0.15) is 0 Å². The van der Waals surface area contributed by atoms with Gasteiger partial charge in [-0.25, -0.2) is 4.98 Å². The zero-order chi connectivity index (χ0) is 13.8. The Labute approximate surface area is 114 Å². The Bertz CT molecular complexity index is 463. The van der Waals surface area contributed by atoms with Crippen LogP contribution in [-0.2, 0) is 0 Å². The molecule has 1 N–H and O–H groups in total. The largest absolute Gasteiger partial charge is 0.362 e. The van der Waals surface area contributed by atoms with Gasteiger partial charge in [0.2, 0.25) is 0 Å². The Hall–Kier alpha value is -1.36. The van der Waals surface area contributed by atoms with Crippen LogP contribution >= 0.6 is 0 Å². The van der Waals surface area contributed by atoms with E-state index in [2.05, 4.69) is 22.1 Å². The second-order valence-corrected chi connectivity index (χ2v) is 5.64. The van der Waals surface area contributed by atoms with Crippen molar-refractivity contribution in [2.75, 3.05) is 25.0 Å². The molecule has 2 rings (SSSR count). The fourth-order valence-electron chi connectivity index (χ4n) is 2.56. The smallest absolute Gasteiger partial charge is 0.293 e. The van der Waals surface area contributed by atoms with Crippen LogP contribution in [0.15, 0.2) is 17.2 Å². The Morgan fingerprint density at radius 3 is 2.63 bits per heavy atom. The lowest BCUT2D eigenvalue weighted by Crippen LogP contribution is -2.36. The number of nitrogens with one attached hydrogen (secondary N) is 1. The molecule has 1 aliphatic rings. The van der Waals surface area contributed by atoms with Gasteiger partial charge in [0.25, 0.3) is 5.56 Å². The van der Waals surface area contributed by atoms with Crippen LogP contribution in [0.25, 0.3) is 0 Å². The zero-order valence-corrected chi connectivity index (χ0v) is 12.1. The van der Waals surface area contributed by atoms with Crippen molar-refractivity contribution in [1.82, 2.24) is 14.5 Å². The minimum absolute atomic E-state index is 0.0363. The molecule has 1 fully saturated rings. The van der Waals surface area contributed by atoms with Gasteiger partial charge in [0, 0.05) is 31.0 Å². The van der Waals surface area contributed by atoms with E-state index in [1.165, 1.54) is 25.9 Å².